The summed E-state index contributed by atoms with van der Waals surface area (Å²) >= 11 is 0. The van der Waals surface area contributed by atoms with Crippen molar-refractivity contribution in [1.82, 2.24) is 0 Å². The standard InChI is InChI=1S/C11H17NO.ClH/c1-8-3-4-9(2)10(7-8)11(12)5-6-13;/h3-4,7,11,13H,5-6,12H2,1-2H3;1H/t11-;/m0./s1. The van der Waals surface area contributed by atoms with E-state index in [4.69, 9.17) is 10.8 Å². The lowest BCUT2D eigenvalue weighted by molar-refractivity contribution is 0.276. The van der Waals surface area contributed by atoms with E-state index in [0.717, 1.165) is 5.56 Å². The van der Waals surface area contributed by atoms with Crippen molar-refractivity contribution in [1.29, 1.82) is 0 Å². The zero-order chi connectivity index (χ0) is 9.84. The molecule has 0 spiro atoms. The summed E-state index contributed by atoms with van der Waals surface area (Å²) < 4.78 is 0. The molecule has 0 saturated heterocycles. The minimum absolute atomic E-state index is 0. The van der Waals surface area contributed by atoms with Gasteiger partial charge in [-0.3, -0.25) is 0 Å². The van der Waals surface area contributed by atoms with Crippen LogP contribution >= 0.6 is 12.4 Å². The molecule has 0 unspecified atom stereocenters. The first-order chi connectivity index (χ1) is 6.15. The Hall–Kier alpha value is -0.570. The molecule has 1 aromatic rings. The van der Waals surface area contributed by atoms with Crippen LogP contribution in [0, 0.1) is 13.8 Å². The van der Waals surface area contributed by atoms with Gasteiger partial charge in [0.2, 0.25) is 0 Å². The van der Waals surface area contributed by atoms with E-state index >= 15 is 0 Å². The Kier molecular flexibility index (Phi) is 5.77. The lowest BCUT2D eigenvalue weighted by Gasteiger charge is -2.14. The average Bonchev–Trinajstić information content (AvgIpc) is 2.09. The zero-order valence-electron chi connectivity index (χ0n) is 8.66. The van der Waals surface area contributed by atoms with Crippen LogP contribution in [0.15, 0.2) is 18.2 Å². The second-order valence-corrected chi connectivity index (χ2v) is 3.48. The van der Waals surface area contributed by atoms with Crippen LogP contribution in [0.2, 0.25) is 0 Å². The van der Waals surface area contributed by atoms with Gasteiger partial charge in [0.15, 0.2) is 0 Å². The number of rotatable bonds is 3. The van der Waals surface area contributed by atoms with Crippen molar-refractivity contribution in [2.75, 3.05) is 6.61 Å². The number of aryl methyl sites for hydroxylation is 2. The molecule has 3 heteroatoms. The Labute approximate surface area is 91.5 Å². The van der Waals surface area contributed by atoms with E-state index in [0.29, 0.717) is 6.42 Å². The van der Waals surface area contributed by atoms with E-state index in [-0.39, 0.29) is 25.1 Å². The molecule has 0 aromatic heterocycles. The quantitative estimate of drug-likeness (QED) is 0.812. The van der Waals surface area contributed by atoms with Gasteiger partial charge in [-0.2, -0.15) is 0 Å². The maximum Gasteiger partial charge on any atom is 0.0449 e. The summed E-state index contributed by atoms with van der Waals surface area (Å²) in [5.74, 6) is 0. The van der Waals surface area contributed by atoms with Gasteiger partial charge < -0.3 is 10.8 Å². The van der Waals surface area contributed by atoms with Gasteiger partial charge in [0.25, 0.3) is 0 Å². The summed E-state index contributed by atoms with van der Waals surface area (Å²) in [7, 11) is 0. The van der Waals surface area contributed by atoms with Crippen LogP contribution in [-0.4, -0.2) is 11.7 Å². The average molecular weight is 216 g/mol. The fourth-order valence-corrected chi connectivity index (χ4v) is 1.45. The summed E-state index contributed by atoms with van der Waals surface area (Å²) in [6, 6.07) is 6.20. The van der Waals surface area contributed by atoms with Gasteiger partial charge in [0.05, 0.1) is 0 Å². The molecule has 80 valence electrons. The number of aliphatic hydroxyl groups is 1. The lowest BCUT2D eigenvalue weighted by Crippen LogP contribution is -2.13. The minimum Gasteiger partial charge on any atom is -0.396 e. The Morgan fingerprint density at radius 2 is 2.00 bits per heavy atom. The highest BCUT2D eigenvalue weighted by Crippen LogP contribution is 2.19. The van der Waals surface area contributed by atoms with Crippen molar-refractivity contribution < 1.29 is 5.11 Å². The van der Waals surface area contributed by atoms with Crippen LogP contribution < -0.4 is 5.73 Å². The molecule has 0 saturated carbocycles. The van der Waals surface area contributed by atoms with Crippen molar-refractivity contribution in [3.63, 3.8) is 0 Å². The van der Waals surface area contributed by atoms with Crippen LogP contribution in [-0.2, 0) is 0 Å². The van der Waals surface area contributed by atoms with Gasteiger partial charge in [-0.05, 0) is 31.4 Å². The summed E-state index contributed by atoms with van der Waals surface area (Å²) in [4.78, 5) is 0. The Bertz CT molecular complexity index is 289. The molecule has 2 nitrogen and oxygen atoms in total. The molecule has 0 bridgehead atoms. The van der Waals surface area contributed by atoms with Gasteiger partial charge in [0, 0.05) is 12.6 Å². The van der Waals surface area contributed by atoms with E-state index in [2.05, 4.69) is 25.1 Å². The fourth-order valence-electron chi connectivity index (χ4n) is 1.45. The monoisotopic (exact) mass is 215 g/mol. The maximum atomic E-state index is 8.78. The van der Waals surface area contributed by atoms with Crippen LogP contribution in [0.5, 0.6) is 0 Å². The summed E-state index contributed by atoms with van der Waals surface area (Å²) in [5, 5.41) is 8.78. The zero-order valence-corrected chi connectivity index (χ0v) is 9.47. The highest BCUT2D eigenvalue weighted by molar-refractivity contribution is 5.85. The fraction of sp³-hybridized carbons (Fsp3) is 0.455. The van der Waals surface area contributed by atoms with E-state index < -0.39 is 0 Å². The Morgan fingerprint density at radius 3 is 2.57 bits per heavy atom. The van der Waals surface area contributed by atoms with Gasteiger partial charge in [-0.1, -0.05) is 23.8 Å². The predicted octanol–water partition coefficient (Wildman–Crippen LogP) is 2.11. The number of nitrogens with two attached hydrogens (primary N) is 1. The molecule has 1 rings (SSSR count). The van der Waals surface area contributed by atoms with Crippen LogP contribution in [0.3, 0.4) is 0 Å². The number of hydrogen-bond donors (Lipinski definition) is 2. The van der Waals surface area contributed by atoms with Crippen molar-refractivity contribution in [2.24, 2.45) is 5.73 Å². The molecule has 1 atom stereocenters. The van der Waals surface area contributed by atoms with Gasteiger partial charge in [-0.25, -0.2) is 0 Å². The molecule has 0 amide bonds. The van der Waals surface area contributed by atoms with Crippen molar-refractivity contribution in [3.8, 4) is 0 Å². The first kappa shape index (κ1) is 13.4. The number of hydrogen-bond acceptors (Lipinski definition) is 2. The van der Waals surface area contributed by atoms with E-state index in [1.54, 1.807) is 0 Å². The molecule has 14 heavy (non-hydrogen) atoms. The molecule has 3 N–H and O–H groups in total. The SMILES string of the molecule is Cc1ccc(C)c([C@@H](N)CCO)c1.Cl. The Morgan fingerprint density at radius 1 is 1.36 bits per heavy atom. The third kappa shape index (κ3) is 3.29. The molecule has 0 radical (unpaired) electrons. The third-order valence-electron chi connectivity index (χ3n) is 2.27. The van der Waals surface area contributed by atoms with Crippen molar-refractivity contribution in [3.05, 3.63) is 34.9 Å². The number of halogens is 1. The van der Waals surface area contributed by atoms with Crippen molar-refractivity contribution >= 4 is 12.4 Å². The van der Waals surface area contributed by atoms with E-state index in [1.165, 1.54) is 11.1 Å². The molecule has 0 aliphatic rings. The third-order valence-corrected chi connectivity index (χ3v) is 2.27. The molecule has 1 aromatic carbocycles. The highest BCUT2D eigenvalue weighted by atomic mass is 35.5. The highest BCUT2D eigenvalue weighted by Gasteiger charge is 2.07. The van der Waals surface area contributed by atoms with Crippen LogP contribution in [0.1, 0.15) is 29.2 Å². The van der Waals surface area contributed by atoms with Crippen molar-refractivity contribution in [2.45, 2.75) is 26.3 Å². The normalized spacial score (nSPS) is 12.0. The molecule has 0 fully saturated rings. The first-order valence-electron chi connectivity index (χ1n) is 4.58. The molecule has 0 aliphatic carbocycles. The molecular weight excluding hydrogens is 198 g/mol. The molecular formula is C11H18ClNO. The predicted molar refractivity (Wildman–Crippen MR) is 61.8 cm³/mol. The largest absolute Gasteiger partial charge is 0.396 e. The smallest absolute Gasteiger partial charge is 0.0449 e. The first-order valence-corrected chi connectivity index (χ1v) is 4.58. The number of benzene rings is 1. The second-order valence-electron chi connectivity index (χ2n) is 3.48. The summed E-state index contributed by atoms with van der Waals surface area (Å²) in [5.41, 5.74) is 9.48. The van der Waals surface area contributed by atoms with Gasteiger partial charge in [0.1, 0.15) is 0 Å². The van der Waals surface area contributed by atoms with Gasteiger partial charge >= 0.3 is 0 Å². The van der Waals surface area contributed by atoms with Gasteiger partial charge in [-0.15, -0.1) is 12.4 Å². The van der Waals surface area contributed by atoms with Crippen LogP contribution in [0.4, 0.5) is 0 Å². The second kappa shape index (κ2) is 6.02. The molecule has 0 heterocycles. The minimum atomic E-state index is -0.0371. The maximum absolute atomic E-state index is 8.78. The summed E-state index contributed by atoms with van der Waals surface area (Å²) in [6.45, 7) is 4.25. The lowest BCUT2D eigenvalue weighted by atomic mass is 9.98. The summed E-state index contributed by atoms with van der Waals surface area (Å²) in [6.07, 6.45) is 0.629. The molecule has 0 aliphatic heterocycles. The van der Waals surface area contributed by atoms with E-state index in [1.807, 2.05) is 6.92 Å². The van der Waals surface area contributed by atoms with Crippen LogP contribution in [0.25, 0.3) is 0 Å². The van der Waals surface area contributed by atoms with E-state index in [9.17, 15) is 0 Å². The topological polar surface area (TPSA) is 46.2 Å². The Balaban J connectivity index is 0.00000169. The number of aliphatic hydroxyl groups excluding tert-OH is 1.